The molecule has 23 heavy (non-hydrogen) atoms. The maximum absolute atomic E-state index is 12.7. The summed E-state index contributed by atoms with van der Waals surface area (Å²) >= 11 is 0. The molecule has 2 atom stereocenters. The van der Waals surface area contributed by atoms with Crippen LogP contribution in [0.15, 0.2) is 0 Å². The van der Waals surface area contributed by atoms with E-state index in [1.165, 1.54) is 0 Å². The maximum Gasteiger partial charge on any atom is 0.407 e. The molecule has 6 nitrogen and oxygen atoms in total. The van der Waals surface area contributed by atoms with E-state index < -0.39 is 17.8 Å². The number of amides is 2. The second-order valence-corrected chi connectivity index (χ2v) is 7.75. The summed E-state index contributed by atoms with van der Waals surface area (Å²) in [6, 6.07) is -0.185. The third-order valence-electron chi connectivity index (χ3n) is 4.46. The van der Waals surface area contributed by atoms with Gasteiger partial charge in [-0.3, -0.25) is 4.79 Å². The highest BCUT2D eigenvalue weighted by molar-refractivity contribution is 5.81. The van der Waals surface area contributed by atoms with E-state index >= 15 is 0 Å². The topological polar surface area (TPSA) is 78.9 Å². The molecular weight excluding hydrogens is 296 g/mol. The van der Waals surface area contributed by atoms with Crippen molar-refractivity contribution in [3.63, 3.8) is 0 Å². The number of alkyl carbamates (subject to hydrolysis) is 1. The van der Waals surface area contributed by atoms with Crippen molar-refractivity contribution in [1.82, 2.24) is 10.2 Å². The average molecular weight is 326 g/mol. The summed E-state index contributed by atoms with van der Waals surface area (Å²) in [6.45, 7) is 6.31. The van der Waals surface area contributed by atoms with Gasteiger partial charge in [0.2, 0.25) is 5.91 Å². The van der Waals surface area contributed by atoms with Gasteiger partial charge in [-0.25, -0.2) is 4.79 Å². The van der Waals surface area contributed by atoms with E-state index in [1.807, 2.05) is 20.8 Å². The fourth-order valence-electron chi connectivity index (χ4n) is 3.28. The fourth-order valence-corrected chi connectivity index (χ4v) is 3.28. The number of nitrogens with one attached hydrogen (secondary N) is 1. The lowest BCUT2D eigenvalue weighted by atomic mass is 9.85. The molecule has 0 aromatic heterocycles. The van der Waals surface area contributed by atoms with Crippen LogP contribution in [0.4, 0.5) is 4.79 Å². The second-order valence-electron chi connectivity index (χ2n) is 7.75. The third kappa shape index (κ3) is 5.37. The largest absolute Gasteiger partial charge is 0.444 e. The van der Waals surface area contributed by atoms with E-state index in [-0.39, 0.29) is 17.9 Å². The number of aliphatic hydroxyl groups is 1. The Morgan fingerprint density at radius 3 is 2.26 bits per heavy atom. The van der Waals surface area contributed by atoms with E-state index in [0.29, 0.717) is 13.1 Å². The zero-order valence-electron chi connectivity index (χ0n) is 14.5. The molecule has 0 aromatic carbocycles. The Hall–Kier alpha value is -1.30. The monoisotopic (exact) mass is 326 g/mol. The Balaban J connectivity index is 2.01. The van der Waals surface area contributed by atoms with Gasteiger partial charge in [0.05, 0.1) is 12.0 Å². The standard InChI is InChI=1S/C17H30N2O4/c1-17(2,3)23-16(22)18-14-9-7-5-4-6-8-13(14)15(21)19-10-12(20)11-19/h12-14,20H,4-11H2,1-3H3,(H,18,22)/t13-,14-/m1/s1. The number of aliphatic hydroxyl groups excluding tert-OH is 1. The minimum Gasteiger partial charge on any atom is -0.444 e. The van der Waals surface area contributed by atoms with Crippen LogP contribution in [0.5, 0.6) is 0 Å². The van der Waals surface area contributed by atoms with Crippen molar-refractivity contribution in [3.05, 3.63) is 0 Å². The molecule has 2 rings (SSSR count). The summed E-state index contributed by atoms with van der Waals surface area (Å²) in [5.41, 5.74) is -0.549. The van der Waals surface area contributed by atoms with Crippen LogP contribution >= 0.6 is 0 Å². The number of β-amino-alcohol motifs (C(OH)–C–C–N with tert-alkyl or cyclic N) is 1. The van der Waals surface area contributed by atoms with E-state index in [9.17, 15) is 14.7 Å². The minimum absolute atomic E-state index is 0.0539. The van der Waals surface area contributed by atoms with E-state index in [0.717, 1.165) is 38.5 Å². The Morgan fingerprint density at radius 1 is 1.09 bits per heavy atom. The zero-order valence-corrected chi connectivity index (χ0v) is 14.5. The lowest BCUT2D eigenvalue weighted by Crippen LogP contribution is -2.58. The van der Waals surface area contributed by atoms with E-state index in [4.69, 9.17) is 4.74 Å². The van der Waals surface area contributed by atoms with E-state index in [2.05, 4.69) is 5.32 Å². The minimum atomic E-state index is -0.549. The summed E-state index contributed by atoms with van der Waals surface area (Å²) in [5, 5.41) is 12.3. The maximum atomic E-state index is 12.7. The van der Waals surface area contributed by atoms with Crippen molar-refractivity contribution in [2.45, 2.75) is 77.0 Å². The second kappa shape index (κ2) is 7.51. The molecule has 1 saturated heterocycles. The molecule has 2 fully saturated rings. The normalized spacial score (nSPS) is 26.7. The molecule has 0 bridgehead atoms. The molecule has 1 heterocycles. The van der Waals surface area contributed by atoms with Gasteiger partial charge >= 0.3 is 6.09 Å². The molecule has 0 spiro atoms. The fraction of sp³-hybridized carbons (Fsp3) is 0.882. The Labute approximate surface area is 138 Å². The lowest BCUT2D eigenvalue weighted by molar-refractivity contribution is -0.147. The molecule has 0 aromatic rings. The van der Waals surface area contributed by atoms with Gasteiger partial charge in [0.15, 0.2) is 0 Å². The van der Waals surface area contributed by atoms with Crippen LogP contribution in [-0.2, 0) is 9.53 Å². The molecule has 1 aliphatic carbocycles. The van der Waals surface area contributed by atoms with Crippen molar-refractivity contribution in [1.29, 1.82) is 0 Å². The van der Waals surface area contributed by atoms with Crippen molar-refractivity contribution in [2.24, 2.45) is 5.92 Å². The number of ether oxygens (including phenoxy) is 1. The first-order chi connectivity index (χ1) is 10.8. The average Bonchev–Trinajstić information content (AvgIpc) is 2.36. The first-order valence-electron chi connectivity index (χ1n) is 8.72. The summed E-state index contributed by atoms with van der Waals surface area (Å²) in [5.74, 6) is -0.159. The summed E-state index contributed by atoms with van der Waals surface area (Å²) < 4.78 is 5.34. The van der Waals surface area contributed by atoms with Gasteiger partial charge in [-0.05, 0) is 33.6 Å². The van der Waals surface area contributed by atoms with Gasteiger partial charge in [-0.15, -0.1) is 0 Å². The molecule has 0 radical (unpaired) electrons. The predicted molar refractivity (Wildman–Crippen MR) is 86.9 cm³/mol. The molecule has 6 heteroatoms. The van der Waals surface area contributed by atoms with Crippen molar-refractivity contribution >= 4 is 12.0 Å². The van der Waals surface area contributed by atoms with Crippen molar-refractivity contribution < 1.29 is 19.4 Å². The first kappa shape index (κ1) is 18.0. The highest BCUT2D eigenvalue weighted by Gasteiger charge is 2.38. The Kier molecular flexibility index (Phi) is 5.89. The van der Waals surface area contributed by atoms with Gasteiger partial charge in [-0.2, -0.15) is 0 Å². The molecule has 0 unspecified atom stereocenters. The Morgan fingerprint density at radius 2 is 1.70 bits per heavy atom. The Bertz CT molecular complexity index is 427. The van der Waals surface area contributed by atoms with E-state index in [1.54, 1.807) is 4.90 Å². The van der Waals surface area contributed by atoms with Crippen LogP contribution in [0.3, 0.4) is 0 Å². The molecule has 2 N–H and O–H groups in total. The zero-order chi connectivity index (χ0) is 17.0. The van der Waals surface area contributed by atoms with Crippen molar-refractivity contribution in [3.8, 4) is 0 Å². The highest BCUT2D eigenvalue weighted by atomic mass is 16.6. The van der Waals surface area contributed by atoms with Gasteiger partial charge in [0.25, 0.3) is 0 Å². The third-order valence-corrected chi connectivity index (χ3v) is 4.46. The molecule has 132 valence electrons. The quantitative estimate of drug-likeness (QED) is 0.814. The first-order valence-corrected chi connectivity index (χ1v) is 8.72. The van der Waals surface area contributed by atoms with Crippen LogP contribution in [0.2, 0.25) is 0 Å². The SMILES string of the molecule is CC(C)(C)OC(=O)N[C@@H]1CCCCCC[C@H]1C(=O)N1CC(O)C1. The number of likely N-dealkylation sites (tertiary alicyclic amines) is 1. The predicted octanol–water partition coefficient (Wildman–Crippen LogP) is 2.05. The van der Waals surface area contributed by atoms with Crippen molar-refractivity contribution in [2.75, 3.05) is 13.1 Å². The summed E-state index contributed by atoms with van der Waals surface area (Å²) in [6.07, 6.45) is 5.00. The van der Waals surface area contributed by atoms with Crippen LogP contribution in [0.1, 0.15) is 59.3 Å². The smallest absolute Gasteiger partial charge is 0.407 e. The highest BCUT2D eigenvalue weighted by Crippen LogP contribution is 2.26. The van der Waals surface area contributed by atoms with Gasteiger partial charge in [-0.1, -0.05) is 25.7 Å². The molecular formula is C17H30N2O4. The number of carbonyl (C=O) groups is 2. The number of hydrogen-bond acceptors (Lipinski definition) is 4. The van der Waals surface area contributed by atoms with Crippen LogP contribution in [-0.4, -0.2) is 52.8 Å². The van der Waals surface area contributed by atoms with Gasteiger partial charge in [0.1, 0.15) is 5.60 Å². The summed E-state index contributed by atoms with van der Waals surface area (Å²) in [4.78, 5) is 26.5. The van der Waals surface area contributed by atoms with Crippen LogP contribution in [0, 0.1) is 5.92 Å². The molecule has 1 saturated carbocycles. The molecule has 1 aliphatic heterocycles. The van der Waals surface area contributed by atoms with Gasteiger partial charge in [0, 0.05) is 19.1 Å². The van der Waals surface area contributed by atoms with Gasteiger partial charge < -0.3 is 20.1 Å². The summed E-state index contributed by atoms with van der Waals surface area (Å²) in [7, 11) is 0. The number of rotatable bonds is 2. The van der Waals surface area contributed by atoms with Crippen LogP contribution in [0.25, 0.3) is 0 Å². The number of hydrogen-bond donors (Lipinski definition) is 2. The molecule has 2 aliphatic rings. The number of nitrogens with zero attached hydrogens (tertiary/aromatic N) is 1. The number of carbonyl (C=O) groups excluding carboxylic acids is 2. The van der Waals surface area contributed by atoms with Crippen LogP contribution < -0.4 is 5.32 Å². The lowest BCUT2D eigenvalue weighted by Gasteiger charge is -2.40. The molecule has 2 amide bonds.